The molecule has 3 aromatic heterocycles. The minimum Gasteiger partial charge on any atom is -0.356 e. The summed E-state index contributed by atoms with van der Waals surface area (Å²) in [5.41, 5.74) is 2.10. The first-order valence-electron chi connectivity index (χ1n) is 9.72. The number of pyridine rings is 1. The molecular formula is C21H26N6. The second-order valence-corrected chi connectivity index (χ2v) is 7.22. The Bertz CT molecular complexity index is 881. The molecule has 1 aliphatic heterocycles. The van der Waals surface area contributed by atoms with Crippen LogP contribution in [0, 0.1) is 5.92 Å². The largest absolute Gasteiger partial charge is 0.356 e. The zero-order chi connectivity index (χ0) is 18.6. The van der Waals surface area contributed by atoms with Gasteiger partial charge >= 0.3 is 0 Å². The van der Waals surface area contributed by atoms with Crippen LogP contribution in [0.3, 0.4) is 0 Å². The summed E-state index contributed by atoms with van der Waals surface area (Å²) in [6.07, 6.45) is 11.8. The Morgan fingerprint density at radius 2 is 1.85 bits per heavy atom. The van der Waals surface area contributed by atoms with E-state index in [2.05, 4.69) is 39.5 Å². The molecule has 0 N–H and O–H groups in total. The minimum atomic E-state index is 0.689. The zero-order valence-electron chi connectivity index (χ0n) is 16.0. The van der Waals surface area contributed by atoms with Gasteiger partial charge in [0.05, 0.1) is 0 Å². The minimum absolute atomic E-state index is 0.689. The third-order valence-corrected chi connectivity index (χ3v) is 5.40. The summed E-state index contributed by atoms with van der Waals surface area (Å²) in [6, 6.07) is 6.08. The van der Waals surface area contributed by atoms with Crippen molar-refractivity contribution in [2.75, 3.05) is 18.0 Å². The second kappa shape index (κ2) is 7.86. The lowest BCUT2D eigenvalue weighted by molar-refractivity contribution is 0.392. The van der Waals surface area contributed by atoms with Gasteiger partial charge in [0.25, 0.3) is 0 Å². The lowest BCUT2D eigenvalue weighted by atomic mass is 9.93. The van der Waals surface area contributed by atoms with Crippen molar-refractivity contribution in [1.82, 2.24) is 24.5 Å². The summed E-state index contributed by atoms with van der Waals surface area (Å²) in [5, 5.41) is 0. The molecule has 27 heavy (non-hydrogen) atoms. The molecule has 1 saturated heterocycles. The maximum Gasteiger partial charge on any atom is 0.161 e. The SMILES string of the molecule is CCc1cc(N2CCC(Cc3nccn3C)CC2)nc(-c2ccncc2)n1. The Hall–Kier alpha value is -2.76. The van der Waals surface area contributed by atoms with Crippen LogP contribution in [0.5, 0.6) is 0 Å². The van der Waals surface area contributed by atoms with Crippen molar-refractivity contribution < 1.29 is 0 Å². The van der Waals surface area contributed by atoms with Crippen LogP contribution >= 0.6 is 0 Å². The summed E-state index contributed by atoms with van der Waals surface area (Å²) in [6.45, 7) is 4.21. The number of aryl methyl sites for hydroxylation is 2. The van der Waals surface area contributed by atoms with Crippen LogP contribution in [0.25, 0.3) is 11.4 Å². The smallest absolute Gasteiger partial charge is 0.161 e. The Kier molecular flexibility index (Phi) is 5.14. The van der Waals surface area contributed by atoms with E-state index in [0.717, 1.165) is 48.8 Å². The zero-order valence-corrected chi connectivity index (χ0v) is 16.0. The third kappa shape index (κ3) is 3.99. The highest BCUT2D eigenvalue weighted by Crippen LogP contribution is 2.26. The van der Waals surface area contributed by atoms with E-state index in [9.17, 15) is 0 Å². The van der Waals surface area contributed by atoms with Gasteiger partial charge in [-0.3, -0.25) is 4.98 Å². The van der Waals surface area contributed by atoms with Crippen LogP contribution in [-0.2, 0) is 19.9 Å². The Morgan fingerprint density at radius 3 is 2.52 bits per heavy atom. The van der Waals surface area contributed by atoms with Gasteiger partial charge in [-0.05, 0) is 37.3 Å². The Balaban J connectivity index is 1.48. The summed E-state index contributed by atoms with van der Waals surface area (Å²) in [5.74, 6) is 3.71. The van der Waals surface area contributed by atoms with Gasteiger partial charge < -0.3 is 9.47 Å². The predicted molar refractivity (Wildman–Crippen MR) is 106 cm³/mol. The van der Waals surface area contributed by atoms with Crippen molar-refractivity contribution in [1.29, 1.82) is 0 Å². The van der Waals surface area contributed by atoms with E-state index in [1.807, 2.05) is 24.5 Å². The van der Waals surface area contributed by atoms with Gasteiger partial charge in [-0.2, -0.15) is 0 Å². The number of hydrogen-bond acceptors (Lipinski definition) is 5. The van der Waals surface area contributed by atoms with Gasteiger partial charge in [-0.25, -0.2) is 15.0 Å². The number of aromatic nitrogens is 5. The Morgan fingerprint density at radius 1 is 1.07 bits per heavy atom. The molecule has 0 saturated carbocycles. The molecule has 0 radical (unpaired) electrons. The molecule has 0 aromatic carbocycles. The highest BCUT2D eigenvalue weighted by atomic mass is 15.2. The third-order valence-electron chi connectivity index (χ3n) is 5.40. The highest BCUT2D eigenvalue weighted by Gasteiger charge is 2.22. The number of piperidine rings is 1. The predicted octanol–water partition coefficient (Wildman–Crippen LogP) is 3.29. The molecule has 0 aliphatic carbocycles. The van der Waals surface area contributed by atoms with Crippen LogP contribution in [0.2, 0.25) is 0 Å². The highest BCUT2D eigenvalue weighted by molar-refractivity contribution is 5.57. The van der Waals surface area contributed by atoms with Crippen molar-refractivity contribution in [3.8, 4) is 11.4 Å². The second-order valence-electron chi connectivity index (χ2n) is 7.22. The maximum absolute atomic E-state index is 4.86. The maximum atomic E-state index is 4.86. The molecule has 140 valence electrons. The number of anilines is 1. The van der Waals surface area contributed by atoms with Crippen molar-refractivity contribution in [2.45, 2.75) is 32.6 Å². The lowest BCUT2D eigenvalue weighted by Crippen LogP contribution is -2.35. The molecule has 1 fully saturated rings. The summed E-state index contributed by atoms with van der Waals surface area (Å²) >= 11 is 0. The van der Waals surface area contributed by atoms with Gasteiger partial charge in [0, 0.05) is 68.7 Å². The van der Waals surface area contributed by atoms with Crippen molar-refractivity contribution in [2.24, 2.45) is 13.0 Å². The van der Waals surface area contributed by atoms with Crippen LogP contribution in [0.1, 0.15) is 31.3 Å². The van der Waals surface area contributed by atoms with Gasteiger partial charge in [0.15, 0.2) is 5.82 Å². The van der Waals surface area contributed by atoms with Crippen LogP contribution in [0.15, 0.2) is 43.0 Å². The quantitative estimate of drug-likeness (QED) is 0.697. The van der Waals surface area contributed by atoms with E-state index < -0.39 is 0 Å². The first-order chi connectivity index (χ1) is 13.2. The monoisotopic (exact) mass is 362 g/mol. The van der Waals surface area contributed by atoms with E-state index in [0.29, 0.717) is 5.92 Å². The Labute approximate surface area is 160 Å². The van der Waals surface area contributed by atoms with E-state index in [1.165, 1.54) is 18.7 Å². The molecule has 1 aliphatic rings. The molecule has 0 atom stereocenters. The molecular weight excluding hydrogens is 336 g/mol. The van der Waals surface area contributed by atoms with E-state index >= 15 is 0 Å². The van der Waals surface area contributed by atoms with Gasteiger partial charge in [0.2, 0.25) is 0 Å². The first-order valence-corrected chi connectivity index (χ1v) is 9.72. The molecule has 4 heterocycles. The van der Waals surface area contributed by atoms with Crippen LogP contribution in [0.4, 0.5) is 5.82 Å². The number of imidazole rings is 1. The summed E-state index contributed by atoms with van der Waals surface area (Å²) in [4.78, 5) is 20.6. The standard InChI is InChI=1S/C21H26N6/c1-3-18-15-20(25-21(24-18)17-4-8-22-9-5-17)27-11-6-16(7-12-27)14-19-23-10-13-26(19)2/h4-5,8-10,13,15-16H,3,6-7,11-12,14H2,1-2H3. The molecule has 0 amide bonds. The number of nitrogens with zero attached hydrogens (tertiary/aromatic N) is 6. The molecule has 0 unspecified atom stereocenters. The number of rotatable bonds is 5. The van der Waals surface area contributed by atoms with Gasteiger partial charge in [-0.15, -0.1) is 0 Å². The average Bonchev–Trinajstić information content (AvgIpc) is 3.13. The van der Waals surface area contributed by atoms with E-state index in [-0.39, 0.29) is 0 Å². The molecule has 0 bridgehead atoms. The van der Waals surface area contributed by atoms with Gasteiger partial charge in [0.1, 0.15) is 11.6 Å². The molecule has 6 nitrogen and oxygen atoms in total. The van der Waals surface area contributed by atoms with Crippen LogP contribution in [-0.4, -0.2) is 37.6 Å². The lowest BCUT2D eigenvalue weighted by Gasteiger charge is -2.33. The fourth-order valence-corrected chi connectivity index (χ4v) is 3.67. The number of hydrogen-bond donors (Lipinski definition) is 0. The van der Waals surface area contributed by atoms with Crippen LogP contribution < -0.4 is 4.90 Å². The average molecular weight is 362 g/mol. The molecule has 3 aromatic rings. The molecule has 4 rings (SSSR count). The molecule has 0 spiro atoms. The van der Waals surface area contributed by atoms with E-state index in [1.54, 1.807) is 12.4 Å². The fraction of sp³-hybridized carbons (Fsp3) is 0.429. The van der Waals surface area contributed by atoms with Crippen molar-refractivity contribution in [3.63, 3.8) is 0 Å². The van der Waals surface area contributed by atoms with Gasteiger partial charge in [-0.1, -0.05) is 6.92 Å². The summed E-state index contributed by atoms with van der Waals surface area (Å²) < 4.78 is 2.13. The molecule has 6 heteroatoms. The topological polar surface area (TPSA) is 59.7 Å². The fourth-order valence-electron chi connectivity index (χ4n) is 3.67. The van der Waals surface area contributed by atoms with Crippen molar-refractivity contribution >= 4 is 5.82 Å². The first kappa shape index (κ1) is 17.6. The van der Waals surface area contributed by atoms with Crippen molar-refractivity contribution in [3.05, 3.63) is 54.5 Å². The van der Waals surface area contributed by atoms with E-state index in [4.69, 9.17) is 9.97 Å². The normalized spacial score (nSPS) is 15.3. The summed E-state index contributed by atoms with van der Waals surface area (Å²) in [7, 11) is 2.07.